The van der Waals surface area contributed by atoms with E-state index in [-0.39, 0.29) is 24.3 Å². The molecule has 2 heterocycles. The number of hydrogen-bond acceptors (Lipinski definition) is 4. The topological polar surface area (TPSA) is 79.0 Å². The van der Waals surface area contributed by atoms with Crippen LogP contribution in [0.1, 0.15) is 26.2 Å². The van der Waals surface area contributed by atoms with E-state index in [9.17, 15) is 14.4 Å². The van der Waals surface area contributed by atoms with Crippen molar-refractivity contribution < 1.29 is 19.1 Å². The van der Waals surface area contributed by atoms with E-state index in [4.69, 9.17) is 4.74 Å². The lowest BCUT2D eigenvalue weighted by Crippen LogP contribution is -2.52. The van der Waals surface area contributed by atoms with Crippen LogP contribution in [-0.2, 0) is 19.1 Å². The molecule has 0 aliphatic carbocycles. The first-order valence-corrected chi connectivity index (χ1v) is 7.79. The Morgan fingerprint density at radius 1 is 1.32 bits per heavy atom. The summed E-state index contributed by atoms with van der Waals surface area (Å²) in [6, 6.07) is 0. The molecule has 2 aliphatic heterocycles. The lowest BCUT2D eigenvalue weighted by Gasteiger charge is -2.39. The molecule has 2 rings (SSSR count). The van der Waals surface area contributed by atoms with Gasteiger partial charge in [0, 0.05) is 40.2 Å². The predicted molar refractivity (Wildman–Crippen MR) is 80.0 cm³/mol. The Hall–Kier alpha value is -1.63. The van der Waals surface area contributed by atoms with Crippen molar-refractivity contribution in [3.8, 4) is 0 Å². The van der Waals surface area contributed by atoms with Crippen LogP contribution in [0.3, 0.4) is 0 Å². The molecule has 7 heteroatoms. The average Bonchev–Trinajstić information content (AvgIpc) is 2.79. The molecule has 0 radical (unpaired) electrons. The third-order valence-corrected chi connectivity index (χ3v) is 4.58. The van der Waals surface area contributed by atoms with Crippen LogP contribution in [0.4, 0.5) is 0 Å². The number of rotatable bonds is 5. The van der Waals surface area contributed by atoms with Gasteiger partial charge in [-0.2, -0.15) is 0 Å². The van der Waals surface area contributed by atoms with E-state index in [1.54, 1.807) is 12.0 Å². The second-order valence-corrected chi connectivity index (χ2v) is 6.14. The van der Waals surface area contributed by atoms with Gasteiger partial charge in [-0.25, -0.2) is 0 Å². The zero-order valence-corrected chi connectivity index (χ0v) is 13.4. The third-order valence-electron chi connectivity index (χ3n) is 4.58. The smallest absolute Gasteiger partial charge is 0.241 e. The number of nitrogens with one attached hydrogen (secondary N) is 1. The minimum absolute atomic E-state index is 0.00694. The summed E-state index contributed by atoms with van der Waals surface area (Å²) in [5.41, 5.74) is -0.433. The number of likely N-dealkylation sites (tertiary alicyclic amines) is 2. The average molecular weight is 311 g/mol. The third kappa shape index (κ3) is 3.58. The zero-order chi connectivity index (χ0) is 16.2. The highest BCUT2D eigenvalue weighted by Crippen LogP contribution is 2.40. The second-order valence-electron chi connectivity index (χ2n) is 6.14. The molecule has 1 N–H and O–H groups in total. The Kier molecular flexibility index (Phi) is 5.39. The molecular formula is C15H25N3O4. The number of amides is 3. The number of methoxy groups -OCH3 is 1. The maximum absolute atomic E-state index is 12.7. The van der Waals surface area contributed by atoms with Crippen LogP contribution in [0.25, 0.3) is 0 Å². The van der Waals surface area contributed by atoms with Crippen molar-refractivity contribution in [1.29, 1.82) is 0 Å². The molecule has 0 aromatic rings. The normalized spacial score (nSPS) is 24.9. The lowest BCUT2D eigenvalue weighted by molar-refractivity contribution is -0.144. The molecule has 2 fully saturated rings. The van der Waals surface area contributed by atoms with Gasteiger partial charge in [0.05, 0.1) is 18.6 Å². The second kappa shape index (κ2) is 7.09. The Morgan fingerprint density at radius 3 is 2.77 bits per heavy atom. The Labute approximate surface area is 131 Å². The SMILES string of the molecule is COCCN1CC[C@@]2(CCCN(C(=O)CNC(C)=O)C2)C1=O. The molecule has 124 valence electrons. The van der Waals surface area contributed by atoms with Crippen molar-refractivity contribution in [2.75, 3.05) is 46.4 Å². The van der Waals surface area contributed by atoms with E-state index in [0.717, 1.165) is 25.8 Å². The highest BCUT2D eigenvalue weighted by atomic mass is 16.5. The highest BCUT2D eigenvalue weighted by Gasteiger charge is 2.49. The fourth-order valence-electron chi connectivity index (χ4n) is 3.34. The lowest BCUT2D eigenvalue weighted by atomic mass is 9.78. The van der Waals surface area contributed by atoms with Gasteiger partial charge in [-0.05, 0) is 19.3 Å². The van der Waals surface area contributed by atoms with Gasteiger partial charge in [-0.3, -0.25) is 14.4 Å². The van der Waals surface area contributed by atoms with Crippen LogP contribution in [-0.4, -0.2) is 74.0 Å². The Bertz CT molecular complexity index is 454. The first-order valence-electron chi connectivity index (χ1n) is 7.79. The van der Waals surface area contributed by atoms with Gasteiger partial charge in [-0.15, -0.1) is 0 Å². The fraction of sp³-hybridized carbons (Fsp3) is 0.800. The summed E-state index contributed by atoms with van der Waals surface area (Å²) < 4.78 is 5.04. The molecule has 0 aromatic heterocycles. The van der Waals surface area contributed by atoms with Crippen molar-refractivity contribution in [2.45, 2.75) is 26.2 Å². The van der Waals surface area contributed by atoms with Crippen LogP contribution in [0, 0.1) is 5.41 Å². The summed E-state index contributed by atoms with van der Waals surface area (Å²) in [4.78, 5) is 39.3. The number of ether oxygens (including phenoxy) is 1. The maximum atomic E-state index is 12.7. The van der Waals surface area contributed by atoms with Gasteiger partial charge in [0.25, 0.3) is 0 Å². The summed E-state index contributed by atoms with van der Waals surface area (Å²) in [7, 11) is 1.62. The molecule has 7 nitrogen and oxygen atoms in total. The highest BCUT2D eigenvalue weighted by molar-refractivity contribution is 5.87. The van der Waals surface area contributed by atoms with Crippen molar-refractivity contribution >= 4 is 17.7 Å². The number of hydrogen-bond donors (Lipinski definition) is 1. The quantitative estimate of drug-likeness (QED) is 0.750. The van der Waals surface area contributed by atoms with E-state index < -0.39 is 5.41 Å². The van der Waals surface area contributed by atoms with Crippen LogP contribution < -0.4 is 5.32 Å². The molecule has 22 heavy (non-hydrogen) atoms. The van der Waals surface area contributed by atoms with Gasteiger partial charge in [0.1, 0.15) is 0 Å². The van der Waals surface area contributed by atoms with Crippen LogP contribution in [0.5, 0.6) is 0 Å². The van der Waals surface area contributed by atoms with Crippen molar-refractivity contribution in [1.82, 2.24) is 15.1 Å². The summed E-state index contributed by atoms with van der Waals surface area (Å²) in [5, 5.41) is 2.53. The molecule has 3 amide bonds. The van der Waals surface area contributed by atoms with Gasteiger partial charge < -0.3 is 19.9 Å². The molecular weight excluding hydrogens is 286 g/mol. The fourth-order valence-corrected chi connectivity index (χ4v) is 3.34. The number of carbonyl (C=O) groups is 3. The van der Waals surface area contributed by atoms with Gasteiger partial charge in [0.2, 0.25) is 17.7 Å². The van der Waals surface area contributed by atoms with Gasteiger partial charge in [-0.1, -0.05) is 0 Å². The van der Waals surface area contributed by atoms with Crippen molar-refractivity contribution in [3.63, 3.8) is 0 Å². The molecule has 1 spiro atoms. The molecule has 1 atom stereocenters. The van der Waals surface area contributed by atoms with Crippen molar-refractivity contribution in [3.05, 3.63) is 0 Å². The molecule has 0 unspecified atom stereocenters. The zero-order valence-electron chi connectivity index (χ0n) is 13.4. The van der Waals surface area contributed by atoms with E-state index in [0.29, 0.717) is 26.2 Å². The van der Waals surface area contributed by atoms with E-state index in [1.807, 2.05) is 4.90 Å². The first-order chi connectivity index (χ1) is 10.5. The minimum atomic E-state index is -0.433. The summed E-state index contributed by atoms with van der Waals surface area (Å²) >= 11 is 0. The standard InChI is InChI=1S/C15H25N3O4/c1-12(19)16-10-13(20)18-6-3-4-15(11-18)5-7-17(14(15)21)8-9-22-2/h3-11H2,1-2H3,(H,16,19)/t15-/m1/s1. The van der Waals surface area contributed by atoms with Crippen LogP contribution >= 0.6 is 0 Å². The molecule has 2 saturated heterocycles. The minimum Gasteiger partial charge on any atom is -0.383 e. The van der Waals surface area contributed by atoms with Crippen LogP contribution in [0.2, 0.25) is 0 Å². The summed E-state index contributed by atoms with van der Waals surface area (Å²) in [6.45, 7) is 4.39. The summed E-state index contributed by atoms with van der Waals surface area (Å²) in [5.74, 6) is -0.193. The molecule has 0 aromatic carbocycles. The first kappa shape index (κ1) is 16.7. The molecule has 0 bridgehead atoms. The Balaban J connectivity index is 1.96. The van der Waals surface area contributed by atoms with Gasteiger partial charge in [0.15, 0.2) is 0 Å². The molecule has 0 saturated carbocycles. The largest absolute Gasteiger partial charge is 0.383 e. The number of carbonyl (C=O) groups excluding carboxylic acids is 3. The van der Waals surface area contributed by atoms with Crippen molar-refractivity contribution in [2.24, 2.45) is 5.41 Å². The van der Waals surface area contributed by atoms with Crippen LogP contribution in [0.15, 0.2) is 0 Å². The number of nitrogens with zero attached hydrogens (tertiary/aromatic N) is 2. The predicted octanol–water partition coefficient (Wildman–Crippen LogP) is -0.390. The van der Waals surface area contributed by atoms with E-state index >= 15 is 0 Å². The van der Waals surface area contributed by atoms with Gasteiger partial charge >= 0.3 is 0 Å². The van der Waals surface area contributed by atoms with E-state index in [1.165, 1.54) is 6.92 Å². The molecule has 2 aliphatic rings. The summed E-state index contributed by atoms with van der Waals surface area (Å²) in [6.07, 6.45) is 2.45. The maximum Gasteiger partial charge on any atom is 0.241 e. The van der Waals surface area contributed by atoms with E-state index in [2.05, 4.69) is 5.32 Å². The monoisotopic (exact) mass is 311 g/mol. The Morgan fingerprint density at radius 2 is 2.09 bits per heavy atom. The number of piperidine rings is 1.